The summed E-state index contributed by atoms with van der Waals surface area (Å²) >= 11 is 1.28. The standard InChI is InChI=1S/C16H18N2O4S/c19-14(7-9-22-10-12-4-2-1-3-5-12)17-8-6-15-18-13(11-23-15)16(20)21/h1-5,11H,6-10H2,(H,17,19)(H,20,21). The van der Waals surface area contributed by atoms with Gasteiger partial charge in [0.05, 0.1) is 18.2 Å². The molecule has 122 valence electrons. The largest absolute Gasteiger partial charge is 0.476 e. The van der Waals surface area contributed by atoms with Gasteiger partial charge in [0, 0.05) is 24.8 Å². The number of amides is 1. The molecule has 2 N–H and O–H groups in total. The van der Waals surface area contributed by atoms with Crippen LogP contribution < -0.4 is 5.32 Å². The summed E-state index contributed by atoms with van der Waals surface area (Å²) in [5.41, 5.74) is 1.12. The van der Waals surface area contributed by atoms with Crippen molar-refractivity contribution in [1.29, 1.82) is 0 Å². The van der Waals surface area contributed by atoms with Crippen LogP contribution in [-0.2, 0) is 22.6 Å². The highest BCUT2D eigenvalue weighted by Gasteiger charge is 2.08. The number of ether oxygens (including phenoxy) is 1. The third kappa shape index (κ3) is 6.17. The molecule has 0 saturated heterocycles. The van der Waals surface area contributed by atoms with Crippen molar-refractivity contribution in [1.82, 2.24) is 10.3 Å². The number of aromatic nitrogens is 1. The highest BCUT2D eigenvalue weighted by atomic mass is 32.1. The zero-order valence-electron chi connectivity index (χ0n) is 12.5. The number of hydrogen-bond acceptors (Lipinski definition) is 5. The molecule has 0 bridgehead atoms. The van der Waals surface area contributed by atoms with Crippen molar-refractivity contribution in [3.8, 4) is 0 Å². The van der Waals surface area contributed by atoms with Gasteiger partial charge in [0.1, 0.15) is 0 Å². The summed E-state index contributed by atoms with van der Waals surface area (Å²) in [5, 5.41) is 13.7. The van der Waals surface area contributed by atoms with Crippen molar-refractivity contribution in [3.05, 3.63) is 52.0 Å². The van der Waals surface area contributed by atoms with E-state index in [1.165, 1.54) is 16.7 Å². The molecule has 1 aromatic carbocycles. The highest BCUT2D eigenvalue weighted by Crippen LogP contribution is 2.09. The van der Waals surface area contributed by atoms with Crippen molar-refractivity contribution >= 4 is 23.2 Å². The summed E-state index contributed by atoms with van der Waals surface area (Å²) in [6, 6.07) is 9.78. The van der Waals surface area contributed by atoms with Gasteiger partial charge in [-0.15, -0.1) is 11.3 Å². The molecule has 0 aliphatic carbocycles. The fourth-order valence-electron chi connectivity index (χ4n) is 1.85. The second-order valence-electron chi connectivity index (χ2n) is 4.82. The molecule has 23 heavy (non-hydrogen) atoms. The van der Waals surface area contributed by atoms with Crippen LogP contribution in [0.4, 0.5) is 0 Å². The van der Waals surface area contributed by atoms with Crippen molar-refractivity contribution in [2.75, 3.05) is 13.2 Å². The molecule has 6 nitrogen and oxygen atoms in total. The van der Waals surface area contributed by atoms with Crippen LogP contribution in [0.25, 0.3) is 0 Å². The van der Waals surface area contributed by atoms with Gasteiger partial charge in [0.15, 0.2) is 5.69 Å². The van der Waals surface area contributed by atoms with Crippen LogP contribution in [0.2, 0.25) is 0 Å². The van der Waals surface area contributed by atoms with E-state index in [0.29, 0.717) is 37.6 Å². The first-order valence-electron chi connectivity index (χ1n) is 7.21. The Morgan fingerprint density at radius 2 is 2.04 bits per heavy atom. The lowest BCUT2D eigenvalue weighted by molar-refractivity contribution is -0.122. The summed E-state index contributed by atoms with van der Waals surface area (Å²) in [4.78, 5) is 26.3. The molecule has 0 aliphatic rings. The number of carboxylic acid groups (broad SMARTS) is 1. The van der Waals surface area contributed by atoms with E-state index < -0.39 is 5.97 Å². The number of thiazole rings is 1. The Bertz CT molecular complexity index is 643. The van der Waals surface area contributed by atoms with Gasteiger partial charge < -0.3 is 15.2 Å². The van der Waals surface area contributed by atoms with Gasteiger partial charge in [-0.3, -0.25) is 4.79 Å². The fraction of sp³-hybridized carbons (Fsp3) is 0.312. The minimum absolute atomic E-state index is 0.0469. The van der Waals surface area contributed by atoms with E-state index >= 15 is 0 Å². The number of nitrogens with one attached hydrogen (secondary N) is 1. The molecule has 0 radical (unpaired) electrons. The van der Waals surface area contributed by atoms with Gasteiger partial charge in [-0.1, -0.05) is 30.3 Å². The van der Waals surface area contributed by atoms with Crippen LogP contribution in [0.5, 0.6) is 0 Å². The van der Waals surface area contributed by atoms with E-state index in [0.717, 1.165) is 5.56 Å². The molecule has 0 aliphatic heterocycles. The summed E-state index contributed by atoms with van der Waals surface area (Å²) < 4.78 is 5.45. The molecule has 0 atom stereocenters. The number of aromatic carboxylic acids is 1. The molecule has 7 heteroatoms. The molecular formula is C16H18N2O4S. The second kappa shape index (κ2) is 9.02. The van der Waals surface area contributed by atoms with Gasteiger partial charge in [-0.25, -0.2) is 9.78 Å². The van der Waals surface area contributed by atoms with E-state index in [1.54, 1.807) is 0 Å². The van der Waals surface area contributed by atoms with Crippen LogP contribution in [0.1, 0.15) is 27.5 Å². The fourth-order valence-corrected chi connectivity index (χ4v) is 2.62. The first-order chi connectivity index (χ1) is 11.1. The lowest BCUT2D eigenvalue weighted by atomic mass is 10.2. The lowest BCUT2D eigenvalue weighted by Gasteiger charge is -2.05. The van der Waals surface area contributed by atoms with Gasteiger partial charge >= 0.3 is 5.97 Å². The summed E-state index contributed by atoms with van der Waals surface area (Å²) in [6.07, 6.45) is 0.819. The number of carboxylic acids is 1. The zero-order chi connectivity index (χ0) is 16.5. The third-order valence-electron chi connectivity index (χ3n) is 3.02. The topological polar surface area (TPSA) is 88.5 Å². The Labute approximate surface area is 138 Å². The van der Waals surface area contributed by atoms with Crippen LogP contribution in [0.15, 0.2) is 35.7 Å². The lowest BCUT2D eigenvalue weighted by Crippen LogP contribution is -2.26. The van der Waals surface area contributed by atoms with E-state index in [2.05, 4.69) is 10.3 Å². The number of hydrogen-bond donors (Lipinski definition) is 2. The third-order valence-corrected chi connectivity index (χ3v) is 3.93. The van der Waals surface area contributed by atoms with Gasteiger partial charge in [0.25, 0.3) is 0 Å². The molecular weight excluding hydrogens is 316 g/mol. The Morgan fingerprint density at radius 1 is 1.26 bits per heavy atom. The van der Waals surface area contributed by atoms with Crippen LogP contribution in [0.3, 0.4) is 0 Å². The molecule has 1 aromatic heterocycles. The minimum atomic E-state index is -1.04. The summed E-state index contributed by atoms with van der Waals surface area (Å²) in [5.74, 6) is -1.12. The average molecular weight is 334 g/mol. The monoisotopic (exact) mass is 334 g/mol. The second-order valence-corrected chi connectivity index (χ2v) is 5.76. The molecule has 0 unspecified atom stereocenters. The van der Waals surface area contributed by atoms with Crippen molar-refractivity contribution in [2.24, 2.45) is 0 Å². The first kappa shape index (κ1) is 17.1. The van der Waals surface area contributed by atoms with Crippen molar-refractivity contribution in [2.45, 2.75) is 19.4 Å². The Hall–Kier alpha value is -2.25. The van der Waals surface area contributed by atoms with Crippen LogP contribution in [-0.4, -0.2) is 35.1 Å². The number of carbonyl (C=O) groups excluding carboxylic acids is 1. The number of carbonyl (C=O) groups is 2. The normalized spacial score (nSPS) is 10.4. The smallest absolute Gasteiger partial charge is 0.355 e. The van der Waals surface area contributed by atoms with Crippen molar-refractivity contribution < 1.29 is 19.4 Å². The van der Waals surface area contributed by atoms with Crippen LogP contribution in [0, 0.1) is 0 Å². The Kier molecular flexibility index (Phi) is 6.71. The van der Waals surface area contributed by atoms with E-state index in [-0.39, 0.29) is 11.6 Å². The Balaban J connectivity index is 1.57. The number of rotatable bonds is 9. The first-order valence-corrected chi connectivity index (χ1v) is 8.09. The molecule has 0 fully saturated rings. The van der Waals surface area contributed by atoms with Gasteiger partial charge in [-0.2, -0.15) is 0 Å². The SMILES string of the molecule is O=C(CCOCc1ccccc1)NCCc1nc(C(=O)O)cs1. The molecule has 1 amide bonds. The summed E-state index contributed by atoms with van der Waals surface area (Å²) in [6.45, 7) is 1.29. The highest BCUT2D eigenvalue weighted by molar-refractivity contribution is 7.09. The van der Waals surface area contributed by atoms with E-state index in [9.17, 15) is 9.59 Å². The number of nitrogens with zero attached hydrogens (tertiary/aromatic N) is 1. The minimum Gasteiger partial charge on any atom is -0.476 e. The molecule has 2 rings (SSSR count). The quantitative estimate of drug-likeness (QED) is 0.686. The molecule has 0 spiro atoms. The predicted molar refractivity (Wildman–Crippen MR) is 86.5 cm³/mol. The Morgan fingerprint density at radius 3 is 2.74 bits per heavy atom. The van der Waals surface area contributed by atoms with Gasteiger partial charge in [0.2, 0.25) is 5.91 Å². The maximum absolute atomic E-state index is 11.7. The molecule has 2 aromatic rings. The average Bonchev–Trinajstić information content (AvgIpc) is 3.02. The zero-order valence-corrected chi connectivity index (χ0v) is 13.3. The van der Waals surface area contributed by atoms with Gasteiger partial charge in [-0.05, 0) is 5.56 Å². The maximum atomic E-state index is 11.7. The summed E-state index contributed by atoms with van der Waals surface area (Å²) in [7, 11) is 0. The predicted octanol–water partition coefficient (Wildman–Crippen LogP) is 2.11. The maximum Gasteiger partial charge on any atom is 0.355 e. The van der Waals surface area contributed by atoms with E-state index in [4.69, 9.17) is 9.84 Å². The van der Waals surface area contributed by atoms with Crippen LogP contribution >= 0.6 is 11.3 Å². The van der Waals surface area contributed by atoms with Crippen molar-refractivity contribution in [3.63, 3.8) is 0 Å². The number of benzene rings is 1. The molecule has 1 heterocycles. The molecule has 0 saturated carbocycles. The van der Waals surface area contributed by atoms with E-state index in [1.807, 2.05) is 30.3 Å².